The summed E-state index contributed by atoms with van der Waals surface area (Å²) in [7, 11) is 0. The lowest BCUT2D eigenvalue weighted by Crippen LogP contribution is -2.30. The fourth-order valence-electron chi connectivity index (χ4n) is 2.12. The Morgan fingerprint density at radius 1 is 1.37 bits per heavy atom. The SMILES string of the molecule is CC(C)C(=O)c1ccc2c(c1)NC(=O)CC(C)(C)O2. The molecule has 2 rings (SSSR count). The van der Waals surface area contributed by atoms with Crippen LogP contribution in [0.2, 0.25) is 0 Å². The van der Waals surface area contributed by atoms with Gasteiger partial charge in [0.2, 0.25) is 5.91 Å². The van der Waals surface area contributed by atoms with E-state index >= 15 is 0 Å². The first-order valence-corrected chi connectivity index (χ1v) is 6.46. The molecule has 19 heavy (non-hydrogen) atoms. The van der Waals surface area contributed by atoms with Crippen molar-refractivity contribution >= 4 is 17.4 Å². The lowest BCUT2D eigenvalue weighted by Gasteiger charge is -2.23. The number of amides is 1. The smallest absolute Gasteiger partial charge is 0.228 e. The molecule has 4 nitrogen and oxygen atoms in total. The van der Waals surface area contributed by atoms with Crippen molar-refractivity contribution in [3.63, 3.8) is 0 Å². The summed E-state index contributed by atoms with van der Waals surface area (Å²) in [4.78, 5) is 23.8. The topological polar surface area (TPSA) is 55.4 Å². The second kappa shape index (κ2) is 4.68. The van der Waals surface area contributed by atoms with Gasteiger partial charge < -0.3 is 10.1 Å². The van der Waals surface area contributed by atoms with Gasteiger partial charge in [-0.25, -0.2) is 0 Å². The number of rotatable bonds is 2. The largest absolute Gasteiger partial charge is 0.485 e. The Morgan fingerprint density at radius 3 is 2.68 bits per heavy atom. The molecule has 0 saturated heterocycles. The van der Waals surface area contributed by atoms with Gasteiger partial charge in [-0.15, -0.1) is 0 Å². The zero-order chi connectivity index (χ0) is 14.2. The van der Waals surface area contributed by atoms with E-state index in [0.29, 0.717) is 17.0 Å². The molecule has 0 radical (unpaired) electrons. The van der Waals surface area contributed by atoms with E-state index in [0.717, 1.165) is 0 Å². The average Bonchev–Trinajstić information content (AvgIpc) is 2.39. The number of hydrogen-bond acceptors (Lipinski definition) is 3. The minimum atomic E-state index is -0.543. The predicted octanol–water partition coefficient (Wildman–Crippen LogP) is 3.02. The summed E-state index contributed by atoms with van der Waals surface area (Å²) < 4.78 is 5.82. The number of nitrogens with one attached hydrogen (secondary N) is 1. The van der Waals surface area contributed by atoms with E-state index in [9.17, 15) is 9.59 Å². The molecular formula is C15H19NO3. The number of anilines is 1. The van der Waals surface area contributed by atoms with Crippen LogP contribution in [0, 0.1) is 5.92 Å². The number of carbonyl (C=O) groups excluding carboxylic acids is 2. The van der Waals surface area contributed by atoms with Gasteiger partial charge in [-0.1, -0.05) is 13.8 Å². The molecule has 4 heteroatoms. The molecule has 1 heterocycles. The van der Waals surface area contributed by atoms with Gasteiger partial charge in [0.1, 0.15) is 11.4 Å². The van der Waals surface area contributed by atoms with Crippen molar-refractivity contribution < 1.29 is 14.3 Å². The van der Waals surface area contributed by atoms with E-state index in [-0.39, 0.29) is 24.0 Å². The molecule has 1 N–H and O–H groups in total. The molecule has 0 atom stereocenters. The Balaban J connectivity index is 2.41. The molecule has 1 aliphatic rings. The van der Waals surface area contributed by atoms with E-state index in [1.54, 1.807) is 18.2 Å². The molecule has 0 aromatic heterocycles. The molecule has 1 amide bonds. The third kappa shape index (κ3) is 2.95. The van der Waals surface area contributed by atoms with Gasteiger partial charge in [0.25, 0.3) is 0 Å². The Labute approximate surface area is 113 Å². The van der Waals surface area contributed by atoms with Gasteiger partial charge in [0.15, 0.2) is 5.78 Å². The first-order chi connectivity index (χ1) is 8.78. The maximum Gasteiger partial charge on any atom is 0.228 e. The Bertz CT molecular complexity index is 532. The van der Waals surface area contributed by atoms with Gasteiger partial charge in [-0.3, -0.25) is 9.59 Å². The van der Waals surface area contributed by atoms with Gasteiger partial charge in [0, 0.05) is 11.5 Å². The zero-order valence-electron chi connectivity index (χ0n) is 11.7. The third-order valence-electron chi connectivity index (χ3n) is 3.04. The van der Waals surface area contributed by atoms with E-state index in [4.69, 9.17) is 4.74 Å². The first kappa shape index (κ1) is 13.6. The number of hydrogen-bond donors (Lipinski definition) is 1. The van der Waals surface area contributed by atoms with Crippen molar-refractivity contribution in [2.45, 2.75) is 39.7 Å². The number of carbonyl (C=O) groups is 2. The lowest BCUT2D eigenvalue weighted by atomic mass is 10.0. The Morgan fingerprint density at radius 2 is 2.05 bits per heavy atom. The Kier molecular flexibility index (Phi) is 3.35. The summed E-state index contributed by atoms with van der Waals surface area (Å²) in [6.07, 6.45) is 0.287. The quantitative estimate of drug-likeness (QED) is 0.832. The number of Topliss-reactive ketones (excluding diaryl/α,β-unsaturated/α-hetero) is 1. The van der Waals surface area contributed by atoms with Gasteiger partial charge in [-0.2, -0.15) is 0 Å². The number of benzene rings is 1. The number of ketones is 1. The summed E-state index contributed by atoms with van der Waals surface area (Å²) in [6.45, 7) is 7.45. The van der Waals surface area contributed by atoms with E-state index in [1.165, 1.54) is 0 Å². The van der Waals surface area contributed by atoms with E-state index < -0.39 is 5.60 Å². The number of fused-ring (bicyclic) bond motifs is 1. The monoisotopic (exact) mass is 261 g/mol. The van der Waals surface area contributed by atoms with Gasteiger partial charge >= 0.3 is 0 Å². The molecule has 1 aliphatic heterocycles. The highest BCUT2D eigenvalue weighted by Gasteiger charge is 2.29. The zero-order valence-corrected chi connectivity index (χ0v) is 11.7. The van der Waals surface area contributed by atoms with Crippen molar-refractivity contribution in [3.8, 4) is 5.75 Å². The fourth-order valence-corrected chi connectivity index (χ4v) is 2.12. The predicted molar refractivity (Wildman–Crippen MR) is 73.6 cm³/mol. The maximum atomic E-state index is 12.0. The second-order valence-corrected chi connectivity index (χ2v) is 5.82. The van der Waals surface area contributed by atoms with Crippen LogP contribution in [-0.4, -0.2) is 17.3 Å². The number of ether oxygens (including phenoxy) is 1. The second-order valence-electron chi connectivity index (χ2n) is 5.82. The van der Waals surface area contributed by atoms with Gasteiger partial charge in [-0.05, 0) is 32.0 Å². The van der Waals surface area contributed by atoms with Crippen LogP contribution in [0.15, 0.2) is 18.2 Å². The third-order valence-corrected chi connectivity index (χ3v) is 3.04. The van der Waals surface area contributed by atoms with Crippen LogP contribution in [0.25, 0.3) is 0 Å². The standard InChI is InChI=1S/C15H19NO3/c1-9(2)14(18)10-5-6-12-11(7-10)16-13(17)8-15(3,4)19-12/h5-7,9H,8H2,1-4H3,(H,16,17). The van der Waals surface area contributed by atoms with Crippen molar-refractivity contribution in [1.29, 1.82) is 0 Å². The van der Waals surface area contributed by atoms with Crippen LogP contribution in [0.1, 0.15) is 44.5 Å². The summed E-state index contributed by atoms with van der Waals surface area (Å²) >= 11 is 0. The molecule has 1 aromatic rings. The van der Waals surface area contributed by atoms with Crippen LogP contribution in [0.4, 0.5) is 5.69 Å². The van der Waals surface area contributed by atoms with Crippen LogP contribution in [0.5, 0.6) is 5.75 Å². The molecule has 0 aliphatic carbocycles. The van der Waals surface area contributed by atoms with Crippen LogP contribution >= 0.6 is 0 Å². The lowest BCUT2D eigenvalue weighted by molar-refractivity contribution is -0.118. The summed E-state index contributed by atoms with van der Waals surface area (Å²) in [5, 5.41) is 2.80. The maximum absolute atomic E-state index is 12.0. The summed E-state index contributed by atoms with van der Waals surface area (Å²) in [5.74, 6) is 0.492. The van der Waals surface area contributed by atoms with E-state index in [2.05, 4.69) is 5.32 Å². The highest BCUT2D eigenvalue weighted by molar-refractivity contribution is 6.00. The summed E-state index contributed by atoms with van der Waals surface area (Å²) in [6, 6.07) is 5.18. The van der Waals surface area contributed by atoms with Crippen LogP contribution < -0.4 is 10.1 Å². The van der Waals surface area contributed by atoms with Crippen LogP contribution in [0.3, 0.4) is 0 Å². The Hall–Kier alpha value is -1.84. The molecule has 0 unspecified atom stereocenters. The fraction of sp³-hybridized carbons (Fsp3) is 0.467. The van der Waals surface area contributed by atoms with Crippen molar-refractivity contribution in [2.75, 3.05) is 5.32 Å². The molecule has 102 valence electrons. The van der Waals surface area contributed by atoms with E-state index in [1.807, 2.05) is 27.7 Å². The van der Waals surface area contributed by atoms with Gasteiger partial charge in [0.05, 0.1) is 12.1 Å². The molecule has 0 fully saturated rings. The molecule has 0 spiro atoms. The summed E-state index contributed by atoms with van der Waals surface area (Å²) in [5.41, 5.74) is 0.623. The highest BCUT2D eigenvalue weighted by Crippen LogP contribution is 2.34. The molecule has 1 aromatic carbocycles. The molecule has 0 saturated carbocycles. The first-order valence-electron chi connectivity index (χ1n) is 6.46. The molecule has 0 bridgehead atoms. The molecular weight excluding hydrogens is 242 g/mol. The minimum Gasteiger partial charge on any atom is -0.485 e. The highest BCUT2D eigenvalue weighted by atomic mass is 16.5. The van der Waals surface area contributed by atoms with Crippen molar-refractivity contribution in [3.05, 3.63) is 23.8 Å². The minimum absolute atomic E-state index is 0.0561. The normalized spacial score (nSPS) is 17.2. The van der Waals surface area contributed by atoms with Crippen LogP contribution in [-0.2, 0) is 4.79 Å². The van der Waals surface area contributed by atoms with Crippen molar-refractivity contribution in [2.24, 2.45) is 5.92 Å². The average molecular weight is 261 g/mol. The van der Waals surface area contributed by atoms with Crippen molar-refractivity contribution in [1.82, 2.24) is 0 Å².